The van der Waals surface area contributed by atoms with Gasteiger partial charge in [0.15, 0.2) is 0 Å². The van der Waals surface area contributed by atoms with Crippen LogP contribution >= 0.6 is 11.6 Å². The molecule has 0 spiro atoms. The zero-order valence-electron chi connectivity index (χ0n) is 9.95. The molecular weight excluding hydrogens is 270 g/mol. The summed E-state index contributed by atoms with van der Waals surface area (Å²) in [7, 11) is 0. The van der Waals surface area contributed by atoms with Crippen LogP contribution in [0.5, 0.6) is 0 Å². The molecule has 100 valence electrons. The van der Waals surface area contributed by atoms with Crippen LogP contribution in [-0.4, -0.2) is 37.6 Å². The second-order valence-corrected chi connectivity index (χ2v) is 4.17. The highest BCUT2D eigenvalue weighted by molar-refractivity contribution is 6.29. The fourth-order valence-electron chi connectivity index (χ4n) is 1.54. The van der Waals surface area contributed by atoms with E-state index >= 15 is 0 Å². The van der Waals surface area contributed by atoms with E-state index in [2.05, 4.69) is 20.6 Å². The lowest BCUT2D eigenvalue weighted by Gasteiger charge is -2.08. The maximum Gasteiger partial charge on any atom is 0.339 e. The Hall–Kier alpha value is -2.15. The molecule has 0 fully saturated rings. The van der Waals surface area contributed by atoms with Gasteiger partial charge in [-0.3, -0.25) is 4.68 Å². The molecule has 0 radical (unpaired) electrons. The number of hydrogen-bond donors (Lipinski definition) is 2. The van der Waals surface area contributed by atoms with Crippen LogP contribution in [0.15, 0.2) is 24.5 Å². The van der Waals surface area contributed by atoms with Crippen molar-refractivity contribution >= 4 is 23.4 Å². The first-order valence-electron chi connectivity index (χ1n) is 5.64. The summed E-state index contributed by atoms with van der Waals surface area (Å²) in [4.78, 5) is 15.0. The summed E-state index contributed by atoms with van der Waals surface area (Å²) in [6.07, 6.45) is 4.13. The number of anilines is 1. The second-order valence-electron chi connectivity index (χ2n) is 3.78. The predicted molar refractivity (Wildman–Crippen MR) is 69.3 cm³/mol. The van der Waals surface area contributed by atoms with E-state index in [9.17, 15) is 4.79 Å². The van der Waals surface area contributed by atoms with Crippen molar-refractivity contribution in [2.24, 2.45) is 0 Å². The number of hydrogen-bond acceptors (Lipinski definition) is 5. The second kappa shape index (κ2) is 6.14. The van der Waals surface area contributed by atoms with Crippen molar-refractivity contribution in [2.75, 3.05) is 11.9 Å². The molecule has 8 heteroatoms. The Morgan fingerprint density at radius 1 is 1.47 bits per heavy atom. The summed E-state index contributed by atoms with van der Waals surface area (Å²) in [6.45, 7) is 1.25. The minimum atomic E-state index is -1.04. The van der Waals surface area contributed by atoms with E-state index in [0.29, 0.717) is 13.1 Å². The highest BCUT2D eigenvalue weighted by Crippen LogP contribution is 2.16. The molecule has 2 aromatic heterocycles. The number of aryl methyl sites for hydroxylation is 1. The summed E-state index contributed by atoms with van der Waals surface area (Å²) < 4.78 is 1.70. The molecule has 2 heterocycles. The van der Waals surface area contributed by atoms with Gasteiger partial charge in [-0.25, -0.2) is 9.78 Å². The number of nitrogens with zero attached hydrogens (tertiary/aromatic N) is 4. The Balaban J connectivity index is 1.91. The SMILES string of the molecule is O=C(O)c1ccc(Cl)nc1NCCCn1ccnn1. The van der Waals surface area contributed by atoms with Gasteiger partial charge < -0.3 is 10.4 Å². The minimum absolute atomic E-state index is 0.102. The molecule has 0 atom stereocenters. The molecule has 0 aliphatic carbocycles. The molecule has 2 aromatic rings. The van der Waals surface area contributed by atoms with Gasteiger partial charge in [-0.05, 0) is 18.6 Å². The average molecular weight is 282 g/mol. The Bertz CT molecular complexity index is 558. The molecule has 0 amide bonds. The van der Waals surface area contributed by atoms with Crippen LogP contribution in [0.4, 0.5) is 5.82 Å². The first-order chi connectivity index (χ1) is 9.16. The van der Waals surface area contributed by atoms with Crippen molar-refractivity contribution in [1.29, 1.82) is 0 Å². The third-order valence-electron chi connectivity index (χ3n) is 2.42. The van der Waals surface area contributed by atoms with Gasteiger partial charge >= 0.3 is 5.97 Å². The lowest BCUT2D eigenvalue weighted by Crippen LogP contribution is -2.11. The Labute approximate surface area is 114 Å². The number of carbonyl (C=O) groups is 1. The smallest absolute Gasteiger partial charge is 0.339 e. The van der Waals surface area contributed by atoms with Crippen LogP contribution in [0.3, 0.4) is 0 Å². The maximum atomic E-state index is 11.0. The van der Waals surface area contributed by atoms with E-state index in [-0.39, 0.29) is 16.5 Å². The monoisotopic (exact) mass is 281 g/mol. The van der Waals surface area contributed by atoms with E-state index in [4.69, 9.17) is 16.7 Å². The molecule has 0 unspecified atom stereocenters. The number of halogens is 1. The van der Waals surface area contributed by atoms with Crippen molar-refractivity contribution in [3.05, 3.63) is 35.2 Å². The molecule has 2 N–H and O–H groups in total. The van der Waals surface area contributed by atoms with Gasteiger partial charge in [0.1, 0.15) is 16.5 Å². The zero-order valence-corrected chi connectivity index (χ0v) is 10.7. The molecule has 2 rings (SSSR count). The van der Waals surface area contributed by atoms with Gasteiger partial charge in [0, 0.05) is 19.3 Å². The molecule has 0 saturated carbocycles. The van der Waals surface area contributed by atoms with E-state index < -0.39 is 5.97 Å². The van der Waals surface area contributed by atoms with Crippen LogP contribution < -0.4 is 5.32 Å². The first kappa shape index (κ1) is 13.3. The standard InChI is InChI=1S/C11H12ClN5O2/c12-9-3-2-8(11(18)19)10(15-9)13-4-1-6-17-7-5-14-16-17/h2-3,5,7H,1,4,6H2,(H,13,15)(H,18,19). The van der Waals surface area contributed by atoms with Gasteiger partial charge in [-0.2, -0.15) is 0 Å². The number of rotatable bonds is 6. The lowest BCUT2D eigenvalue weighted by atomic mass is 10.2. The predicted octanol–water partition coefficient (Wildman–Crippen LogP) is 1.53. The maximum absolute atomic E-state index is 11.0. The van der Waals surface area contributed by atoms with Crippen molar-refractivity contribution in [2.45, 2.75) is 13.0 Å². The minimum Gasteiger partial charge on any atom is -0.478 e. The van der Waals surface area contributed by atoms with Crippen molar-refractivity contribution in [3.8, 4) is 0 Å². The van der Waals surface area contributed by atoms with E-state index in [1.807, 2.05) is 0 Å². The first-order valence-corrected chi connectivity index (χ1v) is 6.02. The molecule has 0 bridgehead atoms. The Kier molecular flexibility index (Phi) is 4.30. The van der Waals surface area contributed by atoms with E-state index in [0.717, 1.165) is 6.42 Å². The Morgan fingerprint density at radius 3 is 3.00 bits per heavy atom. The van der Waals surface area contributed by atoms with Crippen LogP contribution in [0.25, 0.3) is 0 Å². The summed E-state index contributed by atoms with van der Waals surface area (Å²) in [5.74, 6) is -0.762. The molecule has 0 aromatic carbocycles. The van der Waals surface area contributed by atoms with Gasteiger partial charge in [-0.1, -0.05) is 16.8 Å². The highest BCUT2D eigenvalue weighted by Gasteiger charge is 2.11. The molecule has 0 aliphatic heterocycles. The summed E-state index contributed by atoms with van der Waals surface area (Å²) in [5.41, 5.74) is 0.102. The molecular formula is C11H12ClN5O2. The Morgan fingerprint density at radius 2 is 2.32 bits per heavy atom. The number of aromatic carboxylic acids is 1. The van der Waals surface area contributed by atoms with E-state index in [1.54, 1.807) is 17.1 Å². The zero-order chi connectivity index (χ0) is 13.7. The van der Waals surface area contributed by atoms with Crippen molar-refractivity contribution < 1.29 is 9.90 Å². The molecule has 0 aliphatic rings. The average Bonchev–Trinajstić information content (AvgIpc) is 2.87. The lowest BCUT2D eigenvalue weighted by molar-refractivity contribution is 0.0697. The van der Waals surface area contributed by atoms with Crippen LogP contribution in [0, 0.1) is 0 Å². The number of pyridine rings is 1. The van der Waals surface area contributed by atoms with Crippen molar-refractivity contribution in [1.82, 2.24) is 20.0 Å². The number of nitrogens with one attached hydrogen (secondary N) is 1. The third-order valence-corrected chi connectivity index (χ3v) is 2.63. The van der Waals surface area contributed by atoms with Gasteiger partial charge in [0.05, 0.1) is 6.20 Å². The van der Waals surface area contributed by atoms with E-state index in [1.165, 1.54) is 12.1 Å². The molecule has 0 saturated heterocycles. The summed E-state index contributed by atoms with van der Waals surface area (Å²) in [6, 6.07) is 2.88. The highest BCUT2D eigenvalue weighted by atomic mass is 35.5. The topological polar surface area (TPSA) is 92.9 Å². The summed E-state index contributed by atoms with van der Waals surface area (Å²) >= 11 is 5.75. The normalized spacial score (nSPS) is 10.4. The number of carboxylic acids is 1. The van der Waals surface area contributed by atoms with Crippen molar-refractivity contribution in [3.63, 3.8) is 0 Å². The number of aromatic nitrogens is 4. The largest absolute Gasteiger partial charge is 0.478 e. The van der Waals surface area contributed by atoms with Crippen LogP contribution in [0.1, 0.15) is 16.8 Å². The quantitative estimate of drug-likeness (QED) is 0.616. The van der Waals surface area contributed by atoms with Crippen LogP contribution in [0.2, 0.25) is 5.15 Å². The van der Waals surface area contributed by atoms with Gasteiger partial charge in [-0.15, -0.1) is 5.10 Å². The number of carboxylic acid groups (broad SMARTS) is 1. The third kappa shape index (κ3) is 3.65. The molecule has 7 nitrogen and oxygen atoms in total. The van der Waals surface area contributed by atoms with Crippen LogP contribution in [-0.2, 0) is 6.54 Å². The molecule has 19 heavy (non-hydrogen) atoms. The fourth-order valence-corrected chi connectivity index (χ4v) is 1.69. The summed E-state index contributed by atoms with van der Waals surface area (Å²) in [5, 5.41) is 19.8. The van der Waals surface area contributed by atoms with Gasteiger partial charge in [0.25, 0.3) is 0 Å². The fraction of sp³-hybridized carbons (Fsp3) is 0.273. The van der Waals surface area contributed by atoms with Gasteiger partial charge in [0.2, 0.25) is 0 Å².